The van der Waals surface area contributed by atoms with Gasteiger partial charge in [-0.15, -0.1) is 0 Å². The predicted molar refractivity (Wildman–Crippen MR) is 133 cm³/mol. The Hall–Kier alpha value is -0.980. The zero-order chi connectivity index (χ0) is 22.3. The van der Waals surface area contributed by atoms with Gasteiger partial charge in [-0.1, -0.05) is 78.7 Å². The van der Waals surface area contributed by atoms with Crippen molar-refractivity contribution < 1.29 is 4.74 Å². The summed E-state index contributed by atoms with van der Waals surface area (Å²) in [6.45, 7) is 18.6. The minimum absolute atomic E-state index is 0.0180. The molecule has 0 amide bonds. The molecule has 1 nitrogen and oxygen atoms in total. The van der Waals surface area contributed by atoms with E-state index in [1.54, 1.807) is 0 Å². The Kier molecular flexibility index (Phi) is 9.76. The van der Waals surface area contributed by atoms with Crippen LogP contribution in [0, 0.1) is 38.5 Å². The van der Waals surface area contributed by atoms with Gasteiger partial charge in [0.2, 0.25) is 0 Å². The van der Waals surface area contributed by atoms with Gasteiger partial charge in [0.1, 0.15) is 11.4 Å². The second kappa shape index (κ2) is 11.6. The molecule has 0 unspecified atom stereocenters. The van der Waals surface area contributed by atoms with E-state index in [-0.39, 0.29) is 5.60 Å². The Balaban J connectivity index is 1.69. The molecule has 0 aliphatic carbocycles. The van der Waals surface area contributed by atoms with Crippen LogP contribution in [0.3, 0.4) is 0 Å². The van der Waals surface area contributed by atoms with Crippen molar-refractivity contribution in [2.45, 2.75) is 132 Å². The summed E-state index contributed by atoms with van der Waals surface area (Å²) in [6.07, 6.45) is 14.6. The van der Waals surface area contributed by atoms with Gasteiger partial charge in [-0.25, -0.2) is 0 Å². The van der Waals surface area contributed by atoms with Gasteiger partial charge in [0.25, 0.3) is 0 Å². The third-order valence-electron chi connectivity index (χ3n) is 7.64. The first-order chi connectivity index (χ1) is 14.1. The van der Waals surface area contributed by atoms with Gasteiger partial charge < -0.3 is 4.74 Å². The molecule has 2 rings (SSSR count). The molecule has 0 saturated heterocycles. The predicted octanol–water partition coefficient (Wildman–Crippen LogP) is 9.13. The van der Waals surface area contributed by atoms with Crippen LogP contribution in [0.4, 0.5) is 0 Å². The maximum atomic E-state index is 6.63. The van der Waals surface area contributed by atoms with E-state index >= 15 is 0 Å². The minimum Gasteiger partial charge on any atom is -0.487 e. The highest BCUT2D eigenvalue weighted by Crippen LogP contribution is 2.41. The van der Waals surface area contributed by atoms with Crippen molar-refractivity contribution in [3.8, 4) is 5.75 Å². The molecule has 1 aromatic carbocycles. The lowest BCUT2D eigenvalue weighted by Gasteiger charge is -2.38. The van der Waals surface area contributed by atoms with Gasteiger partial charge in [-0.3, -0.25) is 0 Å². The average Bonchev–Trinajstić information content (AvgIpc) is 2.66. The highest BCUT2D eigenvalue weighted by Gasteiger charge is 2.33. The molecule has 0 saturated carbocycles. The largest absolute Gasteiger partial charge is 0.487 e. The molecule has 1 aromatic rings. The van der Waals surface area contributed by atoms with Crippen LogP contribution in [0.15, 0.2) is 6.07 Å². The Labute approximate surface area is 188 Å². The summed E-state index contributed by atoms with van der Waals surface area (Å²) in [4.78, 5) is 0. The van der Waals surface area contributed by atoms with Crippen molar-refractivity contribution >= 4 is 0 Å². The number of ether oxygens (including phenoxy) is 1. The molecule has 0 spiro atoms. The summed E-state index contributed by atoms with van der Waals surface area (Å²) in [7, 11) is 0. The van der Waals surface area contributed by atoms with E-state index in [0.717, 1.165) is 24.2 Å². The highest BCUT2D eigenvalue weighted by molar-refractivity contribution is 5.50. The molecule has 1 aliphatic heterocycles. The van der Waals surface area contributed by atoms with Crippen molar-refractivity contribution in [3.05, 3.63) is 28.3 Å². The van der Waals surface area contributed by atoms with E-state index in [0.29, 0.717) is 0 Å². The van der Waals surface area contributed by atoms with Gasteiger partial charge in [-0.05, 0) is 93.4 Å². The summed E-state index contributed by atoms with van der Waals surface area (Å²) < 4.78 is 6.63. The third-order valence-corrected chi connectivity index (χ3v) is 7.64. The standard InChI is InChI=1S/C29H50O/c1-21(2)12-9-13-22(3)14-10-15-23(4)16-11-18-29(8)19-17-27-26(7)24(5)20-25(6)28(27)30-29/h20-23H,9-19H2,1-8H3/t22-,23-,29-/m1/s1. The van der Waals surface area contributed by atoms with E-state index in [4.69, 9.17) is 4.74 Å². The lowest BCUT2D eigenvalue weighted by Crippen LogP contribution is -2.37. The fourth-order valence-corrected chi connectivity index (χ4v) is 5.25. The van der Waals surface area contributed by atoms with Crippen molar-refractivity contribution in [2.75, 3.05) is 0 Å². The monoisotopic (exact) mass is 414 g/mol. The first-order valence-corrected chi connectivity index (χ1v) is 12.9. The Morgan fingerprint density at radius 1 is 0.833 bits per heavy atom. The van der Waals surface area contributed by atoms with Crippen LogP contribution in [-0.4, -0.2) is 5.60 Å². The molecule has 3 atom stereocenters. The van der Waals surface area contributed by atoms with E-state index < -0.39 is 0 Å². The molecule has 0 aromatic heterocycles. The number of aryl methyl sites for hydroxylation is 2. The fraction of sp³-hybridized carbons (Fsp3) is 0.793. The normalized spacial score (nSPS) is 20.7. The zero-order valence-electron chi connectivity index (χ0n) is 21.5. The maximum Gasteiger partial charge on any atom is 0.126 e. The molecule has 0 fully saturated rings. The molecule has 30 heavy (non-hydrogen) atoms. The Morgan fingerprint density at radius 2 is 1.40 bits per heavy atom. The summed E-state index contributed by atoms with van der Waals surface area (Å²) >= 11 is 0. The van der Waals surface area contributed by atoms with Crippen LogP contribution in [0.5, 0.6) is 5.75 Å². The number of hydrogen-bond acceptors (Lipinski definition) is 1. The summed E-state index contributed by atoms with van der Waals surface area (Å²) in [6, 6.07) is 2.30. The zero-order valence-corrected chi connectivity index (χ0v) is 21.5. The van der Waals surface area contributed by atoms with Crippen LogP contribution >= 0.6 is 0 Å². The molecular formula is C29H50O. The molecule has 1 heteroatoms. The Bertz CT molecular complexity index is 659. The number of hydrogen-bond donors (Lipinski definition) is 0. The fourth-order valence-electron chi connectivity index (χ4n) is 5.25. The molecule has 1 heterocycles. The highest BCUT2D eigenvalue weighted by atomic mass is 16.5. The Morgan fingerprint density at radius 3 is 2.00 bits per heavy atom. The lowest BCUT2D eigenvalue weighted by atomic mass is 9.84. The van der Waals surface area contributed by atoms with Crippen LogP contribution in [-0.2, 0) is 6.42 Å². The van der Waals surface area contributed by atoms with Gasteiger partial charge in [-0.2, -0.15) is 0 Å². The maximum absolute atomic E-state index is 6.63. The molecule has 0 bridgehead atoms. The third kappa shape index (κ3) is 7.61. The van der Waals surface area contributed by atoms with Crippen LogP contribution in [0.2, 0.25) is 0 Å². The van der Waals surface area contributed by atoms with E-state index in [2.05, 4.69) is 61.5 Å². The number of fused-ring (bicyclic) bond motifs is 1. The van der Waals surface area contributed by atoms with Gasteiger partial charge >= 0.3 is 0 Å². The van der Waals surface area contributed by atoms with E-state index in [1.165, 1.54) is 92.2 Å². The van der Waals surface area contributed by atoms with Crippen molar-refractivity contribution in [1.82, 2.24) is 0 Å². The molecular weight excluding hydrogens is 364 g/mol. The first kappa shape index (κ1) is 25.3. The van der Waals surface area contributed by atoms with Crippen molar-refractivity contribution in [3.63, 3.8) is 0 Å². The molecule has 1 aliphatic rings. The minimum atomic E-state index is 0.0180. The lowest BCUT2D eigenvalue weighted by molar-refractivity contribution is 0.0514. The summed E-state index contributed by atoms with van der Waals surface area (Å²) in [5, 5.41) is 0. The molecule has 0 radical (unpaired) electrons. The number of rotatable bonds is 12. The van der Waals surface area contributed by atoms with Crippen LogP contribution in [0.1, 0.15) is 121 Å². The summed E-state index contributed by atoms with van der Waals surface area (Å²) in [5.41, 5.74) is 5.63. The van der Waals surface area contributed by atoms with Gasteiger partial charge in [0, 0.05) is 0 Å². The molecule has 0 N–H and O–H groups in total. The topological polar surface area (TPSA) is 9.23 Å². The smallest absolute Gasteiger partial charge is 0.126 e. The van der Waals surface area contributed by atoms with Gasteiger partial charge in [0.05, 0.1) is 0 Å². The summed E-state index contributed by atoms with van der Waals surface area (Å²) in [5.74, 6) is 3.80. The van der Waals surface area contributed by atoms with Crippen LogP contribution in [0.25, 0.3) is 0 Å². The first-order valence-electron chi connectivity index (χ1n) is 12.9. The van der Waals surface area contributed by atoms with E-state index in [9.17, 15) is 0 Å². The quantitative estimate of drug-likeness (QED) is 0.331. The van der Waals surface area contributed by atoms with E-state index in [1.807, 2.05) is 0 Å². The SMILES string of the molecule is Cc1cc(C)c2c(c1C)CC[C@@](C)(CCC[C@H](C)CCC[C@H](C)CCCC(C)C)O2. The second-order valence-corrected chi connectivity index (χ2v) is 11.4. The molecule has 172 valence electrons. The second-order valence-electron chi connectivity index (χ2n) is 11.4. The van der Waals surface area contributed by atoms with Crippen LogP contribution < -0.4 is 4.74 Å². The van der Waals surface area contributed by atoms with Crippen molar-refractivity contribution in [1.29, 1.82) is 0 Å². The van der Waals surface area contributed by atoms with Gasteiger partial charge in [0.15, 0.2) is 0 Å². The van der Waals surface area contributed by atoms with Crippen molar-refractivity contribution in [2.24, 2.45) is 17.8 Å². The number of benzene rings is 1. The average molecular weight is 415 g/mol.